The van der Waals surface area contributed by atoms with Gasteiger partial charge in [-0.1, -0.05) is 24.3 Å². The van der Waals surface area contributed by atoms with Gasteiger partial charge in [0.1, 0.15) is 12.4 Å². The fourth-order valence-electron chi connectivity index (χ4n) is 2.11. The van der Waals surface area contributed by atoms with Crippen LogP contribution in [0.1, 0.15) is 23.6 Å². The lowest BCUT2D eigenvalue weighted by molar-refractivity contribution is 0.306. The molecule has 2 rings (SSSR count). The van der Waals surface area contributed by atoms with E-state index < -0.39 is 0 Å². The fourth-order valence-corrected chi connectivity index (χ4v) is 2.24. The molecule has 0 amide bonds. The monoisotopic (exact) mass is 364 g/mol. The Kier molecular flexibility index (Phi) is 7.34. The molecule has 2 aromatic carbocycles. The Hall–Kier alpha value is -3.17. The summed E-state index contributed by atoms with van der Waals surface area (Å²) < 4.78 is 5.76. The third-order valence-corrected chi connectivity index (χ3v) is 3.77. The topological polar surface area (TPSA) is 69.4 Å². The summed E-state index contributed by atoms with van der Waals surface area (Å²) in [6, 6.07) is 17.2. The third-order valence-electron chi connectivity index (χ3n) is 3.54. The van der Waals surface area contributed by atoms with Crippen LogP contribution in [-0.4, -0.2) is 17.4 Å². The van der Waals surface area contributed by atoms with Crippen LogP contribution >= 0.6 is 12.2 Å². The number of thiocarbonyl (C=S) groups is 1. The van der Waals surface area contributed by atoms with Crippen molar-refractivity contribution < 1.29 is 4.74 Å². The average molecular weight is 364 g/mol. The Labute approximate surface area is 159 Å². The molecule has 0 spiro atoms. The molecule has 0 fully saturated rings. The van der Waals surface area contributed by atoms with Crippen molar-refractivity contribution >= 4 is 23.0 Å². The second kappa shape index (κ2) is 9.97. The number of benzene rings is 2. The summed E-state index contributed by atoms with van der Waals surface area (Å²) in [5, 5.41) is 16.7. The molecule has 0 saturated heterocycles. The molecule has 0 radical (unpaired) electrons. The lowest BCUT2D eigenvalue weighted by atomic mass is 10.1. The molecule has 26 heavy (non-hydrogen) atoms. The van der Waals surface area contributed by atoms with E-state index >= 15 is 0 Å². The molecular formula is C20H20N4OS. The minimum absolute atomic E-state index is 0.348. The molecule has 0 saturated carbocycles. The maximum atomic E-state index is 9.11. The van der Waals surface area contributed by atoms with Crippen molar-refractivity contribution in [3.8, 4) is 11.8 Å². The first kappa shape index (κ1) is 19.2. The number of hydrogen-bond acceptors (Lipinski definition) is 4. The number of hydrazone groups is 1. The van der Waals surface area contributed by atoms with E-state index in [-0.39, 0.29) is 0 Å². The summed E-state index contributed by atoms with van der Waals surface area (Å²) in [5.74, 6) is 0.727. The number of hydrogen-bond donors (Lipinski definition) is 2. The van der Waals surface area contributed by atoms with Gasteiger partial charge in [0.25, 0.3) is 0 Å². The van der Waals surface area contributed by atoms with Crippen molar-refractivity contribution in [3.63, 3.8) is 0 Å². The maximum Gasteiger partial charge on any atom is 0.187 e. The molecule has 2 N–H and O–H groups in total. The average Bonchev–Trinajstić information content (AvgIpc) is 2.69. The molecule has 0 aromatic heterocycles. The van der Waals surface area contributed by atoms with Crippen LogP contribution in [0.3, 0.4) is 0 Å². The van der Waals surface area contributed by atoms with E-state index in [1.165, 1.54) is 0 Å². The smallest absolute Gasteiger partial charge is 0.187 e. The lowest BCUT2D eigenvalue weighted by Crippen LogP contribution is -2.32. The zero-order valence-corrected chi connectivity index (χ0v) is 15.3. The van der Waals surface area contributed by atoms with Crippen molar-refractivity contribution in [2.45, 2.75) is 13.5 Å². The van der Waals surface area contributed by atoms with Gasteiger partial charge in [0.2, 0.25) is 0 Å². The number of ether oxygens (including phenoxy) is 1. The van der Waals surface area contributed by atoms with Gasteiger partial charge in [-0.25, -0.2) is 0 Å². The highest BCUT2D eigenvalue weighted by molar-refractivity contribution is 7.80. The van der Waals surface area contributed by atoms with Crippen LogP contribution in [0.2, 0.25) is 0 Å². The van der Waals surface area contributed by atoms with Crippen LogP contribution in [-0.2, 0) is 6.61 Å². The van der Waals surface area contributed by atoms with Gasteiger partial charge in [0.15, 0.2) is 5.11 Å². The molecule has 0 aliphatic carbocycles. The SMILES string of the molecule is C=CCNC(=S)N/N=C(\C)c1ccc(OCc2ccccc2C#N)cc1. The molecule has 0 aliphatic heterocycles. The first-order valence-electron chi connectivity index (χ1n) is 8.04. The highest BCUT2D eigenvalue weighted by atomic mass is 32.1. The Morgan fingerprint density at radius 1 is 1.27 bits per heavy atom. The first-order chi connectivity index (χ1) is 12.6. The van der Waals surface area contributed by atoms with Gasteiger partial charge in [0.05, 0.1) is 17.3 Å². The highest BCUT2D eigenvalue weighted by Gasteiger charge is 2.03. The van der Waals surface area contributed by atoms with Crippen LogP contribution < -0.4 is 15.5 Å². The molecule has 0 atom stereocenters. The largest absolute Gasteiger partial charge is 0.489 e. The summed E-state index contributed by atoms with van der Waals surface area (Å²) in [6.45, 7) is 6.44. The van der Waals surface area contributed by atoms with Crippen LogP contribution in [0.4, 0.5) is 0 Å². The highest BCUT2D eigenvalue weighted by Crippen LogP contribution is 2.16. The molecule has 132 valence electrons. The molecule has 0 aliphatic rings. The minimum Gasteiger partial charge on any atom is -0.489 e. The molecule has 6 heteroatoms. The van der Waals surface area contributed by atoms with Crippen molar-refractivity contribution in [1.82, 2.24) is 10.7 Å². The van der Waals surface area contributed by atoms with E-state index in [2.05, 4.69) is 28.5 Å². The van der Waals surface area contributed by atoms with Crippen LogP contribution in [0.25, 0.3) is 0 Å². The fraction of sp³-hybridized carbons (Fsp3) is 0.150. The van der Waals surface area contributed by atoms with Crippen LogP contribution in [0.5, 0.6) is 5.75 Å². The summed E-state index contributed by atoms with van der Waals surface area (Å²) in [7, 11) is 0. The zero-order valence-electron chi connectivity index (χ0n) is 14.5. The molecule has 0 heterocycles. The lowest BCUT2D eigenvalue weighted by Gasteiger charge is -2.09. The third kappa shape index (κ3) is 5.72. The summed E-state index contributed by atoms with van der Waals surface area (Å²) >= 11 is 5.09. The van der Waals surface area contributed by atoms with Gasteiger partial charge in [-0.05, 0) is 55.0 Å². The second-order valence-corrected chi connectivity index (χ2v) is 5.80. The Morgan fingerprint density at radius 3 is 2.69 bits per heavy atom. The van der Waals surface area contributed by atoms with Crippen molar-refractivity contribution in [2.24, 2.45) is 5.10 Å². The maximum absolute atomic E-state index is 9.11. The molecular weight excluding hydrogens is 344 g/mol. The van der Waals surface area contributed by atoms with Crippen LogP contribution in [0.15, 0.2) is 66.3 Å². The second-order valence-electron chi connectivity index (χ2n) is 5.39. The predicted octanol–water partition coefficient (Wildman–Crippen LogP) is 3.51. The van der Waals surface area contributed by atoms with Gasteiger partial charge in [-0.3, -0.25) is 5.43 Å². The molecule has 5 nitrogen and oxygen atoms in total. The van der Waals surface area contributed by atoms with Gasteiger partial charge in [0, 0.05) is 12.1 Å². The number of nitrogens with zero attached hydrogens (tertiary/aromatic N) is 2. The first-order valence-corrected chi connectivity index (χ1v) is 8.45. The Balaban J connectivity index is 1.94. The Morgan fingerprint density at radius 2 is 2.00 bits per heavy atom. The quantitative estimate of drug-likeness (QED) is 0.340. The number of nitriles is 1. The van der Waals surface area contributed by atoms with Gasteiger partial charge in [-0.2, -0.15) is 10.4 Å². The number of rotatable bonds is 7. The number of nitrogens with one attached hydrogen (secondary N) is 2. The summed E-state index contributed by atoms with van der Waals surface area (Å²) in [5.41, 5.74) is 6.03. The van der Waals surface area contributed by atoms with E-state index in [1.807, 2.05) is 49.4 Å². The van der Waals surface area contributed by atoms with Gasteiger partial charge < -0.3 is 10.1 Å². The van der Waals surface area contributed by atoms with Gasteiger partial charge >= 0.3 is 0 Å². The molecule has 0 unspecified atom stereocenters. The molecule has 2 aromatic rings. The van der Waals surface area contributed by atoms with Crippen molar-refractivity contribution in [2.75, 3.05) is 6.54 Å². The van der Waals surface area contributed by atoms with Crippen molar-refractivity contribution in [1.29, 1.82) is 5.26 Å². The van der Waals surface area contributed by atoms with E-state index in [1.54, 1.807) is 12.1 Å². The predicted molar refractivity (Wildman–Crippen MR) is 108 cm³/mol. The summed E-state index contributed by atoms with van der Waals surface area (Å²) in [4.78, 5) is 0. The standard InChI is InChI=1S/C20H20N4OS/c1-3-12-22-20(26)24-23-15(2)16-8-10-19(11-9-16)25-14-18-7-5-4-6-17(18)13-21/h3-11H,1,12,14H2,2H3,(H2,22,24,26)/b23-15+. The Bertz CT molecular complexity index is 838. The zero-order chi connectivity index (χ0) is 18.8. The normalized spacial score (nSPS) is 10.5. The summed E-state index contributed by atoms with van der Waals surface area (Å²) in [6.07, 6.45) is 1.72. The van der Waals surface area contributed by atoms with Gasteiger partial charge in [-0.15, -0.1) is 6.58 Å². The van der Waals surface area contributed by atoms with E-state index in [4.69, 9.17) is 22.2 Å². The van der Waals surface area contributed by atoms with Crippen molar-refractivity contribution in [3.05, 3.63) is 77.9 Å². The van der Waals surface area contributed by atoms with E-state index in [9.17, 15) is 0 Å². The van der Waals surface area contributed by atoms with E-state index in [0.717, 1.165) is 22.6 Å². The van der Waals surface area contributed by atoms with E-state index in [0.29, 0.717) is 23.8 Å². The molecule has 0 bridgehead atoms. The van der Waals surface area contributed by atoms with Crippen LogP contribution in [0, 0.1) is 11.3 Å². The minimum atomic E-state index is 0.348.